The molecule has 0 fully saturated rings. The van der Waals surface area contributed by atoms with Crippen LogP contribution in [0, 0.1) is 6.92 Å². The molecule has 0 radical (unpaired) electrons. The van der Waals surface area contributed by atoms with E-state index in [2.05, 4.69) is 21.3 Å². The van der Waals surface area contributed by atoms with E-state index in [1.165, 1.54) is 0 Å². The molecule has 4 nitrogen and oxygen atoms in total. The molecule has 0 unspecified atom stereocenters. The Balaban J connectivity index is 2.01. The van der Waals surface area contributed by atoms with Gasteiger partial charge in [-0.25, -0.2) is 9.97 Å². The van der Waals surface area contributed by atoms with Gasteiger partial charge in [0.2, 0.25) is 0 Å². The fourth-order valence-electron chi connectivity index (χ4n) is 2.41. The molecule has 4 aromatic rings. The van der Waals surface area contributed by atoms with Crippen LogP contribution in [0.3, 0.4) is 0 Å². The van der Waals surface area contributed by atoms with Crippen LogP contribution in [0.25, 0.3) is 22.7 Å². The number of rotatable bonds is 1. The number of nitrogens with zero attached hydrogens (tertiary/aromatic N) is 4. The first-order valence-corrected chi connectivity index (χ1v) is 6.21. The van der Waals surface area contributed by atoms with E-state index >= 15 is 0 Å². The topological polar surface area (TPSA) is 34.6 Å². The summed E-state index contributed by atoms with van der Waals surface area (Å²) in [7, 11) is 0. The summed E-state index contributed by atoms with van der Waals surface area (Å²) >= 11 is 0. The zero-order valence-electron chi connectivity index (χ0n) is 10.5. The summed E-state index contributed by atoms with van der Waals surface area (Å²) in [5.41, 5.74) is 4.85. The minimum absolute atomic E-state index is 0.910. The maximum Gasteiger partial charge on any atom is 0.137 e. The van der Waals surface area contributed by atoms with Gasteiger partial charge in [0.15, 0.2) is 0 Å². The summed E-state index contributed by atoms with van der Waals surface area (Å²) in [6.45, 7) is 2.07. The van der Waals surface area contributed by atoms with Gasteiger partial charge in [0, 0.05) is 24.3 Å². The molecular weight excluding hydrogens is 236 g/mol. The lowest BCUT2D eigenvalue weighted by molar-refractivity contribution is 1.11. The van der Waals surface area contributed by atoms with Crippen LogP contribution in [0.15, 0.2) is 55.0 Å². The Hall–Kier alpha value is -2.62. The molecule has 0 saturated carbocycles. The Morgan fingerprint density at radius 2 is 1.68 bits per heavy atom. The van der Waals surface area contributed by atoms with Crippen molar-refractivity contribution < 1.29 is 0 Å². The third-order valence-electron chi connectivity index (χ3n) is 3.38. The van der Waals surface area contributed by atoms with Gasteiger partial charge < -0.3 is 8.80 Å². The van der Waals surface area contributed by atoms with E-state index in [1.807, 2.05) is 59.4 Å². The molecule has 0 N–H and O–H groups in total. The Morgan fingerprint density at radius 3 is 2.47 bits per heavy atom. The van der Waals surface area contributed by atoms with Crippen molar-refractivity contribution in [1.29, 1.82) is 0 Å². The van der Waals surface area contributed by atoms with Gasteiger partial charge in [-0.3, -0.25) is 0 Å². The molecule has 4 rings (SSSR count). The quantitative estimate of drug-likeness (QED) is 0.519. The summed E-state index contributed by atoms with van der Waals surface area (Å²) in [4.78, 5) is 9.29. The SMILES string of the molecule is Cc1c(-c2cn3ccccc3n2)nc2ccccn12. The van der Waals surface area contributed by atoms with Gasteiger partial charge >= 0.3 is 0 Å². The number of imidazole rings is 2. The van der Waals surface area contributed by atoms with Crippen molar-refractivity contribution in [1.82, 2.24) is 18.8 Å². The first kappa shape index (κ1) is 10.3. The highest BCUT2D eigenvalue weighted by Gasteiger charge is 2.12. The van der Waals surface area contributed by atoms with Crippen LogP contribution in [0.5, 0.6) is 0 Å². The average molecular weight is 248 g/mol. The van der Waals surface area contributed by atoms with Crippen LogP contribution in [0.2, 0.25) is 0 Å². The lowest BCUT2D eigenvalue weighted by Crippen LogP contribution is -1.86. The normalized spacial score (nSPS) is 11.4. The molecule has 0 aliphatic carbocycles. The third-order valence-corrected chi connectivity index (χ3v) is 3.38. The highest BCUT2D eigenvalue weighted by Crippen LogP contribution is 2.23. The highest BCUT2D eigenvalue weighted by molar-refractivity contribution is 5.65. The van der Waals surface area contributed by atoms with Crippen LogP contribution in [-0.4, -0.2) is 18.8 Å². The van der Waals surface area contributed by atoms with E-state index in [1.54, 1.807) is 0 Å². The van der Waals surface area contributed by atoms with Crippen molar-refractivity contribution in [3.8, 4) is 11.4 Å². The van der Waals surface area contributed by atoms with Crippen molar-refractivity contribution in [2.24, 2.45) is 0 Å². The first-order chi connectivity index (χ1) is 9.33. The van der Waals surface area contributed by atoms with Crippen LogP contribution in [0.4, 0.5) is 0 Å². The summed E-state index contributed by atoms with van der Waals surface area (Å²) < 4.78 is 4.10. The Labute approximate surface area is 110 Å². The summed E-state index contributed by atoms with van der Waals surface area (Å²) in [5, 5.41) is 0. The number of hydrogen-bond acceptors (Lipinski definition) is 2. The fraction of sp³-hybridized carbons (Fsp3) is 0.0667. The third kappa shape index (κ3) is 1.46. The zero-order valence-corrected chi connectivity index (χ0v) is 10.5. The lowest BCUT2D eigenvalue weighted by atomic mass is 10.3. The molecule has 0 amide bonds. The number of pyridine rings is 2. The maximum absolute atomic E-state index is 4.66. The molecule has 0 aromatic carbocycles. The van der Waals surface area contributed by atoms with E-state index in [4.69, 9.17) is 0 Å². The van der Waals surface area contributed by atoms with E-state index in [-0.39, 0.29) is 0 Å². The Bertz CT molecular complexity index is 852. The van der Waals surface area contributed by atoms with Crippen LogP contribution in [-0.2, 0) is 0 Å². The molecule has 92 valence electrons. The van der Waals surface area contributed by atoms with Crippen LogP contribution in [0.1, 0.15) is 5.69 Å². The number of aryl methyl sites for hydroxylation is 1. The molecule has 4 aromatic heterocycles. The molecular formula is C15H12N4. The van der Waals surface area contributed by atoms with E-state index in [0.717, 1.165) is 28.4 Å². The highest BCUT2D eigenvalue weighted by atomic mass is 15.0. The van der Waals surface area contributed by atoms with Gasteiger partial charge in [-0.15, -0.1) is 0 Å². The molecule has 0 saturated heterocycles. The Morgan fingerprint density at radius 1 is 0.895 bits per heavy atom. The predicted octanol–water partition coefficient (Wildman–Crippen LogP) is 2.96. The second-order valence-electron chi connectivity index (χ2n) is 4.57. The number of hydrogen-bond donors (Lipinski definition) is 0. The smallest absolute Gasteiger partial charge is 0.137 e. The van der Waals surface area contributed by atoms with E-state index in [9.17, 15) is 0 Å². The molecule has 0 aliphatic heterocycles. The van der Waals surface area contributed by atoms with Crippen molar-refractivity contribution in [3.05, 3.63) is 60.7 Å². The molecule has 4 heterocycles. The minimum Gasteiger partial charge on any atom is -0.306 e. The second-order valence-corrected chi connectivity index (χ2v) is 4.57. The average Bonchev–Trinajstić information content (AvgIpc) is 3.00. The summed E-state index contributed by atoms with van der Waals surface area (Å²) in [5.74, 6) is 0. The van der Waals surface area contributed by atoms with Crippen molar-refractivity contribution in [3.63, 3.8) is 0 Å². The molecule has 0 aliphatic rings. The molecule has 0 atom stereocenters. The van der Waals surface area contributed by atoms with Crippen LogP contribution >= 0.6 is 0 Å². The lowest BCUT2D eigenvalue weighted by Gasteiger charge is -1.94. The maximum atomic E-state index is 4.66. The molecule has 0 bridgehead atoms. The number of fused-ring (bicyclic) bond motifs is 2. The standard InChI is InChI=1S/C15H12N4/c1-11-15(17-14-7-3-5-9-19(11)14)12-10-18-8-4-2-6-13(18)16-12/h2-10H,1H3. The monoisotopic (exact) mass is 248 g/mol. The fourth-order valence-corrected chi connectivity index (χ4v) is 2.41. The first-order valence-electron chi connectivity index (χ1n) is 6.21. The van der Waals surface area contributed by atoms with E-state index < -0.39 is 0 Å². The van der Waals surface area contributed by atoms with Crippen molar-refractivity contribution in [2.45, 2.75) is 6.92 Å². The van der Waals surface area contributed by atoms with Gasteiger partial charge in [0.1, 0.15) is 22.7 Å². The molecule has 0 spiro atoms. The van der Waals surface area contributed by atoms with E-state index in [0.29, 0.717) is 0 Å². The van der Waals surface area contributed by atoms with Crippen molar-refractivity contribution in [2.75, 3.05) is 0 Å². The molecule has 4 heteroatoms. The zero-order chi connectivity index (χ0) is 12.8. The van der Waals surface area contributed by atoms with Gasteiger partial charge in [-0.2, -0.15) is 0 Å². The largest absolute Gasteiger partial charge is 0.306 e. The Kier molecular flexibility index (Phi) is 2.00. The summed E-state index contributed by atoms with van der Waals surface area (Å²) in [6, 6.07) is 12.0. The number of aromatic nitrogens is 4. The van der Waals surface area contributed by atoms with Gasteiger partial charge in [-0.05, 0) is 31.2 Å². The molecule has 19 heavy (non-hydrogen) atoms. The van der Waals surface area contributed by atoms with Crippen LogP contribution < -0.4 is 0 Å². The van der Waals surface area contributed by atoms with Gasteiger partial charge in [0.05, 0.1) is 0 Å². The predicted molar refractivity (Wildman–Crippen MR) is 74.1 cm³/mol. The van der Waals surface area contributed by atoms with Crippen molar-refractivity contribution >= 4 is 11.3 Å². The minimum atomic E-state index is 0.910. The van der Waals surface area contributed by atoms with Gasteiger partial charge in [0.25, 0.3) is 0 Å². The van der Waals surface area contributed by atoms with Gasteiger partial charge in [-0.1, -0.05) is 12.1 Å². The summed E-state index contributed by atoms with van der Waals surface area (Å²) in [6.07, 6.45) is 6.04. The second kappa shape index (κ2) is 3.68.